The number of ether oxygens (including phenoxy) is 2. The van der Waals surface area contributed by atoms with Crippen LogP contribution in [0, 0.1) is 0 Å². The van der Waals surface area contributed by atoms with Gasteiger partial charge in [-0.15, -0.1) is 0 Å². The molecule has 2 rings (SSSR count). The van der Waals surface area contributed by atoms with E-state index in [9.17, 15) is 4.79 Å². The molecule has 0 fully saturated rings. The van der Waals surface area contributed by atoms with E-state index in [4.69, 9.17) is 18.8 Å². The molecule has 0 saturated heterocycles. The number of carboxylic acid groups (broad SMARTS) is 1. The largest absolute Gasteiger partial charge is 0.493 e. The Bertz CT molecular complexity index is 670. The lowest BCUT2D eigenvalue weighted by atomic mass is 10.1. The van der Waals surface area contributed by atoms with Gasteiger partial charge in [0.2, 0.25) is 0 Å². The first-order valence-corrected chi connectivity index (χ1v) is 9.63. The molecule has 0 radical (unpaired) electrons. The van der Waals surface area contributed by atoms with Gasteiger partial charge in [0.15, 0.2) is 6.10 Å². The zero-order chi connectivity index (χ0) is 18.8. The van der Waals surface area contributed by atoms with Crippen LogP contribution in [-0.2, 0) is 22.4 Å². The number of carboxylic acids is 1. The van der Waals surface area contributed by atoms with Crippen molar-refractivity contribution in [2.45, 2.75) is 25.9 Å². The third-order valence-corrected chi connectivity index (χ3v) is 4.11. The molecule has 0 amide bonds. The van der Waals surface area contributed by atoms with Crippen molar-refractivity contribution in [2.24, 2.45) is 0 Å². The van der Waals surface area contributed by atoms with Gasteiger partial charge in [-0.1, -0.05) is 24.3 Å². The van der Waals surface area contributed by atoms with Crippen LogP contribution in [0.5, 0.6) is 11.5 Å². The Labute approximate surface area is 158 Å². The number of hydrogen-bond acceptors (Lipinski definition) is 5. The van der Waals surface area contributed by atoms with Gasteiger partial charge in [-0.3, -0.25) is 0 Å². The van der Waals surface area contributed by atoms with Crippen LogP contribution in [0.1, 0.15) is 18.1 Å². The van der Waals surface area contributed by atoms with Gasteiger partial charge in [0.1, 0.15) is 11.5 Å². The van der Waals surface area contributed by atoms with Crippen LogP contribution < -0.4 is 8.92 Å². The lowest BCUT2D eigenvalue weighted by Gasteiger charge is -2.13. The van der Waals surface area contributed by atoms with Crippen molar-refractivity contribution in [3.05, 3.63) is 59.7 Å². The summed E-state index contributed by atoms with van der Waals surface area (Å²) in [6, 6.07) is 15.4. The van der Waals surface area contributed by atoms with Crippen molar-refractivity contribution in [3.8, 4) is 11.5 Å². The Balaban J connectivity index is 1.80. The summed E-state index contributed by atoms with van der Waals surface area (Å²) in [4.78, 5) is 11.1. The highest BCUT2D eigenvalue weighted by Gasteiger charge is 2.17. The average Bonchev–Trinajstić information content (AvgIpc) is 2.64. The first kappa shape index (κ1) is 20.1. The van der Waals surface area contributed by atoms with E-state index >= 15 is 0 Å². The number of rotatable bonds is 11. The van der Waals surface area contributed by atoms with Gasteiger partial charge in [-0.25, -0.2) is 4.79 Å². The van der Waals surface area contributed by atoms with Crippen LogP contribution in [0.4, 0.5) is 0 Å². The van der Waals surface area contributed by atoms with Gasteiger partial charge in [-0.2, -0.15) is 0 Å². The summed E-state index contributed by atoms with van der Waals surface area (Å²) in [5.74, 6) is 0.657. The van der Waals surface area contributed by atoms with Crippen LogP contribution in [0.2, 0.25) is 0 Å². The van der Waals surface area contributed by atoms with Gasteiger partial charge in [0, 0.05) is 25.7 Å². The van der Waals surface area contributed by atoms with E-state index in [1.807, 2.05) is 54.8 Å². The Morgan fingerprint density at radius 3 is 2.23 bits per heavy atom. The monoisotopic (exact) mass is 376 g/mol. The molecular formula is C20H24O5S. The fourth-order valence-corrected chi connectivity index (χ4v) is 2.75. The maximum Gasteiger partial charge on any atom is 0.333 e. The average molecular weight is 376 g/mol. The molecule has 0 aliphatic rings. The molecule has 1 N–H and O–H groups in total. The standard InChI is InChI=1S/C20H24O5S/c1-3-23-19(20(21)22)14-16-6-8-17(9-7-16)24-13-12-15-4-10-18(11-5-15)25-26-2/h4-11,19H,3,12-14H2,1-2H3,(H,21,22)/t19-/m0/s1. The number of benzene rings is 2. The van der Waals surface area contributed by atoms with Crippen LogP contribution in [-0.4, -0.2) is 36.6 Å². The molecule has 5 nitrogen and oxygen atoms in total. The molecule has 0 unspecified atom stereocenters. The van der Waals surface area contributed by atoms with E-state index in [-0.39, 0.29) is 0 Å². The van der Waals surface area contributed by atoms with E-state index in [0.717, 1.165) is 23.5 Å². The van der Waals surface area contributed by atoms with E-state index < -0.39 is 12.1 Å². The summed E-state index contributed by atoms with van der Waals surface area (Å²) in [5.41, 5.74) is 2.08. The predicted octanol–water partition coefficient (Wildman–Crippen LogP) is 4.00. The molecule has 0 aromatic heterocycles. The Kier molecular flexibility index (Phi) is 8.31. The first-order chi connectivity index (χ1) is 12.6. The number of hydrogen-bond donors (Lipinski definition) is 1. The van der Waals surface area contributed by atoms with E-state index in [1.165, 1.54) is 17.6 Å². The third-order valence-electron chi connectivity index (χ3n) is 3.75. The summed E-state index contributed by atoms with van der Waals surface area (Å²) in [6.07, 6.45) is 2.21. The van der Waals surface area contributed by atoms with Crippen molar-refractivity contribution in [3.63, 3.8) is 0 Å². The summed E-state index contributed by atoms with van der Waals surface area (Å²) in [5, 5.41) is 9.13. The quantitative estimate of drug-likeness (QED) is 0.598. The second-order valence-corrected chi connectivity index (χ2v) is 6.12. The highest BCUT2D eigenvalue weighted by molar-refractivity contribution is 7.94. The Hall–Kier alpha value is -2.18. The number of aliphatic carboxylic acids is 1. The minimum absolute atomic E-state index is 0.341. The Morgan fingerprint density at radius 1 is 1.04 bits per heavy atom. The van der Waals surface area contributed by atoms with Crippen molar-refractivity contribution < 1.29 is 23.6 Å². The van der Waals surface area contributed by atoms with Crippen LogP contribution in [0.3, 0.4) is 0 Å². The third kappa shape index (κ3) is 6.61. The molecule has 2 aromatic carbocycles. The highest BCUT2D eigenvalue weighted by Crippen LogP contribution is 2.17. The minimum Gasteiger partial charge on any atom is -0.493 e. The smallest absolute Gasteiger partial charge is 0.333 e. The topological polar surface area (TPSA) is 65.0 Å². The normalized spacial score (nSPS) is 11.8. The lowest BCUT2D eigenvalue weighted by molar-refractivity contribution is -0.149. The molecule has 0 saturated carbocycles. The fraction of sp³-hybridized carbons (Fsp3) is 0.350. The van der Waals surface area contributed by atoms with E-state index in [0.29, 0.717) is 19.6 Å². The summed E-state index contributed by atoms with van der Waals surface area (Å²) in [6.45, 7) is 2.73. The minimum atomic E-state index is -0.943. The first-order valence-electron chi connectivity index (χ1n) is 8.48. The molecule has 0 spiro atoms. The van der Waals surface area contributed by atoms with Gasteiger partial charge in [0.25, 0.3) is 0 Å². The molecule has 1 atom stereocenters. The second kappa shape index (κ2) is 10.7. The molecule has 0 bridgehead atoms. The van der Waals surface area contributed by atoms with Gasteiger partial charge >= 0.3 is 5.97 Å². The zero-order valence-electron chi connectivity index (χ0n) is 15.0. The van der Waals surface area contributed by atoms with E-state index in [2.05, 4.69) is 0 Å². The Morgan fingerprint density at radius 2 is 1.65 bits per heavy atom. The molecule has 6 heteroatoms. The molecule has 26 heavy (non-hydrogen) atoms. The van der Waals surface area contributed by atoms with Gasteiger partial charge in [0.05, 0.1) is 18.6 Å². The van der Waals surface area contributed by atoms with Crippen LogP contribution in [0.25, 0.3) is 0 Å². The van der Waals surface area contributed by atoms with E-state index in [1.54, 1.807) is 6.92 Å². The fourth-order valence-electron chi connectivity index (χ4n) is 2.45. The molecular weight excluding hydrogens is 352 g/mol. The van der Waals surface area contributed by atoms with Crippen LogP contribution in [0.15, 0.2) is 48.5 Å². The summed E-state index contributed by atoms with van der Waals surface area (Å²) in [7, 11) is 0. The van der Waals surface area contributed by atoms with Crippen molar-refractivity contribution in [1.29, 1.82) is 0 Å². The highest BCUT2D eigenvalue weighted by atomic mass is 32.2. The van der Waals surface area contributed by atoms with Crippen molar-refractivity contribution in [1.82, 2.24) is 0 Å². The van der Waals surface area contributed by atoms with Crippen LogP contribution >= 0.6 is 12.0 Å². The number of carbonyl (C=O) groups is 1. The molecule has 0 heterocycles. The van der Waals surface area contributed by atoms with Gasteiger partial charge < -0.3 is 18.8 Å². The predicted molar refractivity (Wildman–Crippen MR) is 103 cm³/mol. The molecule has 2 aromatic rings. The maximum atomic E-state index is 11.1. The zero-order valence-corrected chi connectivity index (χ0v) is 15.8. The molecule has 0 aliphatic heterocycles. The van der Waals surface area contributed by atoms with Crippen molar-refractivity contribution in [2.75, 3.05) is 19.5 Å². The molecule has 0 aliphatic carbocycles. The second-order valence-electron chi connectivity index (χ2n) is 5.62. The maximum absolute atomic E-state index is 11.1. The summed E-state index contributed by atoms with van der Waals surface area (Å²) >= 11 is 1.32. The SMILES string of the molecule is CCO[C@@H](Cc1ccc(OCCc2ccc(OSC)cc2)cc1)C(=O)O. The van der Waals surface area contributed by atoms with Crippen molar-refractivity contribution >= 4 is 18.0 Å². The lowest BCUT2D eigenvalue weighted by Crippen LogP contribution is -2.26. The van der Waals surface area contributed by atoms with Gasteiger partial charge in [-0.05, 0) is 42.3 Å². The summed E-state index contributed by atoms with van der Waals surface area (Å²) < 4.78 is 16.3. The molecule has 140 valence electrons.